The largest absolute Gasteiger partial charge is 0.494 e. The zero-order valence-electron chi connectivity index (χ0n) is 19.7. The molecule has 2 heterocycles. The van der Waals surface area contributed by atoms with Crippen LogP contribution in [-0.4, -0.2) is 16.6 Å². The van der Waals surface area contributed by atoms with E-state index in [0.717, 1.165) is 59.8 Å². The molecule has 1 aromatic carbocycles. The molecule has 4 rings (SSSR count). The number of nitrogens with zero attached hydrogens (tertiary/aromatic N) is 2. The first-order chi connectivity index (χ1) is 16.3. The third-order valence-corrected chi connectivity index (χ3v) is 6.00. The lowest BCUT2D eigenvalue weighted by Crippen LogP contribution is -1.98. The maximum Gasteiger partial charge on any atom is 0.119 e. The average molecular weight is 439 g/mol. The molecule has 2 aromatic heterocycles. The molecule has 1 aliphatic carbocycles. The van der Waals surface area contributed by atoms with Crippen LogP contribution >= 0.6 is 0 Å². The smallest absolute Gasteiger partial charge is 0.119 e. The predicted molar refractivity (Wildman–Crippen MR) is 138 cm³/mol. The lowest BCUT2D eigenvalue weighted by atomic mass is 9.98. The van der Waals surface area contributed by atoms with E-state index in [0.29, 0.717) is 0 Å². The zero-order valence-corrected chi connectivity index (χ0v) is 19.7. The third-order valence-electron chi connectivity index (χ3n) is 6.00. The summed E-state index contributed by atoms with van der Waals surface area (Å²) in [6, 6.07) is 18.7. The first kappa shape index (κ1) is 23.0. The molecule has 0 spiro atoms. The van der Waals surface area contributed by atoms with Crippen molar-refractivity contribution in [2.45, 2.75) is 58.3 Å². The average Bonchev–Trinajstić information content (AvgIpc) is 2.89. The number of ether oxygens (including phenoxy) is 1. The van der Waals surface area contributed by atoms with Crippen LogP contribution in [0.1, 0.15) is 64.0 Å². The lowest BCUT2D eigenvalue weighted by Gasteiger charge is -2.12. The van der Waals surface area contributed by atoms with Gasteiger partial charge in [-0.15, -0.1) is 0 Å². The highest BCUT2D eigenvalue weighted by atomic mass is 16.5. The normalized spacial score (nSPS) is 13.1. The standard InChI is InChI=1S/C30H34N2O/c1-2-3-4-5-6-12-21-33-27-18-16-24(17-19-27)26-22-29(25-13-8-7-9-14-25)32-30(23-26)28-15-10-11-20-31-28/h8,10-11,13-20,22-23H,2-7,9,12,21H2,1H3. The molecule has 0 atom stereocenters. The van der Waals surface area contributed by atoms with Gasteiger partial charge in [-0.05, 0) is 72.4 Å². The van der Waals surface area contributed by atoms with Crippen LogP contribution in [0.2, 0.25) is 0 Å². The highest BCUT2D eigenvalue weighted by Gasteiger charge is 2.11. The number of pyridine rings is 2. The van der Waals surface area contributed by atoms with E-state index in [9.17, 15) is 0 Å². The molecule has 0 saturated carbocycles. The number of rotatable bonds is 11. The molecule has 1 aliphatic rings. The number of unbranched alkanes of at least 4 members (excludes halogenated alkanes) is 5. The van der Waals surface area contributed by atoms with Crippen molar-refractivity contribution in [2.24, 2.45) is 0 Å². The van der Waals surface area contributed by atoms with Crippen LogP contribution in [0, 0.1) is 0 Å². The molecule has 0 amide bonds. The molecule has 33 heavy (non-hydrogen) atoms. The minimum Gasteiger partial charge on any atom is -0.494 e. The van der Waals surface area contributed by atoms with E-state index in [1.54, 1.807) is 0 Å². The quantitative estimate of drug-likeness (QED) is 0.282. The van der Waals surface area contributed by atoms with Gasteiger partial charge in [-0.1, -0.05) is 75.5 Å². The molecule has 3 nitrogen and oxygen atoms in total. The molecule has 0 N–H and O–H groups in total. The van der Waals surface area contributed by atoms with Gasteiger partial charge in [-0.2, -0.15) is 0 Å². The Morgan fingerprint density at radius 2 is 1.61 bits per heavy atom. The highest BCUT2D eigenvalue weighted by molar-refractivity contribution is 5.79. The fourth-order valence-corrected chi connectivity index (χ4v) is 4.11. The summed E-state index contributed by atoms with van der Waals surface area (Å²) in [6.07, 6.45) is 18.3. The van der Waals surface area contributed by atoms with Gasteiger partial charge in [0.15, 0.2) is 0 Å². The van der Waals surface area contributed by atoms with Gasteiger partial charge in [0.1, 0.15) is 5.75 Å². The number of hydrogen-bond acceptors (Lipinski definition) is 3. The van der Waals surface area contributed by atoms with E-state index in [1.807, 2.05) is 24.4 Å². The van der Waals surface area contributed by atoms with Gasteiger partial charge in [0.25, 0.3) is 0 Å². The van der Waals surface area contributed by atoms with Crippen LogP contribution in [0.4, 0.5) is 0 Å². The van der Waals surface area contributed by atoms with Crippen LogP contribution in [-0.2, 0) is 0 Å². The second-order valence-corrected chi connectivity index (χ2v) is 8.62. The monoisotopic (exact) mass is 438 g/mol. The molecule has 0 radical (unpaired) electrons. The van der Waals surface area contributed by atoms with Gasteiger partial charge in [-0.25, -0.2) is 4.98 Å². The van der Waals surface area contributed by atoms with Gasteiger partial charge < -0.3 is 4.74 Å². The van der Waals surface area contributed by atoms with E-state index in [1.165, 1.54) is 37.7 Å². The van der Waals surface area contributed by atoms with Crippen LogP contribution in [0.15, 0.2) is 79.0 Å². The van der Waals surface area contributed by atoms with Gasteiger partial charge in [0.2, 0.25) is 0 Å². The summed E-state index contributed by atoms with van der Waals surface area (Å²) in [4.78, 5) is 9.47. The van der Waals surface area contributed by atoms with E-state index >= 15 is 0 Å². The first-order valence-corrected chi connectivity index (χ1v) is 12.4. The predicted octanol–water partition coefficient (Wildman–Crippen LogP) is 8.28. The van der Waals surface area contributed by atoms with Crippen molar-refractivity contribution >= 4 is 5.57 Å². The van der Waals surface area contributed by atoms with Crippen molar-refractivity contribution in [3.8, 4) is 28.3 Å². The Labute approximate surface area is 198 Å². The first-order valence-electron chi connectivity index (χ1n) is 12.4. The molecule has 3 heteroatoms. The van der Waals surface area contributed by atoms with Gasteiger partial charge >= 0.3 is 0 Å². The SMILES string of the molecule is CCCCCCCCOc1ccc(-c2cc(C3=CCCC=C3)nc(-c3ccccn3)c2)cc1. The Kier molecular flexibility index (Phi) is 8.46. The molecule has 0 unspecified atom stereocenters. The van der Waals surface area contributed by atoms with Crippen LogP contribution < -0.4 is 4.74 Å². The van der Waals surface area contributed by atoms with E-state index in [-0.39, 0.29) is 0 Å². The molecule has 0 saturated heterocycles. The van der Waals surface area contributed by atoms with Crippen molar-refractivity contribution in [1.82, 2.24) is 9.97 Å². The van der Waals surface area contributed by atoms with Crippen LogP contribution in [0.5, 0.6) is 5.75 Å². The second-order valence-electron chi connectivity index (χ2n) is 8.62. The molecule has 170 valence electrons. The van der Waals surface area contributed by atoms with Crippen LogP contribution in [0.25, 0.3) is 28.1 Å². The maximum atomic E-state index is 5.97. The Morgan fingerprint density at radius 1 is 0.788 bits per heavy atom. The van der Waals surface area contributed by atoms with E-state index < -0.39 is 0 Å². The number of benzene rings is 1. The number of aromatic nitrogens is 2. The number of hydrogen-bond donors (Lipinski definition) is 0. The lowest BCUT2D eigenvalue weighted by molar-refractivity contribution is 0.304. The zero-order chi connectivity index (χ0) is 22.7. The van der Waals surface area contributed by atoms with Crippen molar-refractivity contribution in [1.29, 1.82) is 0 Å². The molecule has 3 aromatic rings. The maximum absolute atomic E-state index is 5.97. The Hall–Kier alpha value is -3.20. The van der Waals surface area contributed by atoms with Gasteiger partial charge in [-0.3, -0.25) is 4.98 Å². The van der Waals surface area contributed by atoms with Crippen molar-refractivity contribution in [2.75, 3.05) is 6.61 Å². The van der Waals surface area contributed by atoms with Crippen molar-refractivity contribution in [3.05, 3.63) is 84.7 Å². The summed E-state index contributed by atoms with van der Waals surface area (Å²) in [7, 11) is 0. The summed E-state index contributed by atoms with van der Waals surface area (Å²) in [5.41, 5.74) is 6.25. The fraction of sp³-hybridized carbons (Fsp3) is 0.333. The Bertz CT molecular complexity index is 1070. The van der Waals surface area contributed by atoms with Crippen LogP contribution in [0.3, 0.4) is 0 Å². The minimum absolute atomic E-state index is 0.787. The van der Waals surface area contributed by atoms with E-state index in [2.05, 4.69) is 66.5 Å². The summed E-state index contributed by atoms with van der Waals surface area (Å²) in [5.74, 6) is 0.935. The Morgan fingerprint density at radius 3 is 2.36 bits per heavy atom. The summed E-state index contributed by atoms with van der Waals surface area (Å²) in [5, 5.41) is 0. The van der Waals surface area contributed by atoms with E-state index in [4.69, 9.17) is 9.72 Å². The number of allylic oxidation sites excluding steroid dienone is 4. The molecule has 0 bridgehead atoms. The highest BCUT2D eigenvalue weighted by Crippen LogP contribution is 2.30. The third kappa shape index (κ3) is 6.64. The van der Waals surface area contributed by atoms with Gasteiger partial charge in [0, 0.05) is 6.20 Å². The minimum atomic E-state index is 0.787. The molecule has 0 fully saturated rings. The van der Waals surface area contributed by atoms with Crippen molar-refractivity contribution in [3.63, 3.8) is 0 Å². The second kappa shape index (κ2) is 12.2. The molecule has 0 aliphatic heterocycles. The Balaban J connectivity index is 1.49. The summed E-state index contributed by atoms with van der Waals surface area (Å²) < 4.78 is 5.97. The molecular formula is C30H34N2O. The topological polar surface area (TPSA) is 35.0 Å². The molecular weight excluding hydrogens is 404 g/mol. The summed E-state index contributed by atoms with van der Waals surface area (Å²) >= 11 is 0. The summed E-state index contributed by atoms with van der Waals surface area (Å²) in [6.45, 7) is 3.04. The fourth-order valence-electron chi connectivity index (χ4n) is 4.11. The van der Waals surface area contributed by atoms with Crippen molar-refractivity contribution < 1.29 is 4.74 Å². The van der Waals surface area contributed by atoms with Gasteiger partial charge in [0.05, 0.1) is 23.7 Å².